The summed E-state index contributed by atoms with van der Waals surface area (Å²) >= 11 is 2.90. The number of nitrogens with zero attached hydrogens (tertiary/aromatic N) is 2. The molecule has 0 spiro atoms. The number of aromatic nitrogens is 2. The van der Waals surface area contributed by atoms with Crippen LogP contribution in [-0.4, -0.2) is 20.7 Å². The average Bonchev–Trinajstić information content (AvgIpc) is 3.02. The maximum Gasteiger partial charge on any atom is 0.263 e. The Kier molecular flexibility index (Phi) is 4.27. The van der Waals surface area contributed by atoms with E-state index >= 15 is 0 Å². The molecule has 7 heteroatoms. The third kappa shape index (κ3) is 2.56. The maximum atomic E-state index is 12.9. The van der Waals surface area contributed by atoms with E-state index in [1.165, 1.54) is 22.2 Å². The number of rotatable bonds is 5. The molecule has 118 valence electrons. The molecular formula is C15H19N3O2S2. The van der Waals surface area contributed by atoms with Crippen molar-refractivity contribution in [3.63, 3.8) is 0 Å². The van der Waals surface area contributed by atoms with E-state index in [0.29, 0.717) is 11.7 Å². The van der Waals surface area contributed by atoms with Gasteiger partial charge in [-0.1, -0.05) is 18.7 Å². The van der Waals surface area contributed by atoms with Gasteiger partial charge in [0, 0.05) is 11.4 Å². The van der Waals surface area contributed by atoms with Crippen LogP contribution in [0.5, 0.6) is 0 Å². The Balaban J connectivity index is 2.17. The Morgan fingerprint density at radius 2 is 2.27 bits per heavy atom. The Bertz CT molecular complexity index is 794. The van der Waals surface area contributed by atoms with Gasteiger partial charge in [0.25, 0.3) is 5.56 Å². The molecule has 0 saturated heterocycles. The van der Waals surface area contributed by atoms with Crippen LogP contribution < -0.4 is 11.3 Å². The maximum absolute atomic E-state index is 12.9. The summed E-state index contributed by atoms with van der Waals surface area (Å²) in [4.78, 5) is 31.0. The van der Waals surface area contributed by atoms with Gasteiger partial charge in [-0.3, -0.25) is 14.2 Å². The first kappa shape index (κ1) is 15.6. The Morgan fingerprint density at radius 1 is 1.50 bits per heavy atom. The highest BCUT2D eigenvalue weighted by Gasteiger charge is 2.24. The third-order valence-electron chi connectivity index (χ3n) is 3.92. The van der Waals surface area contributed by atoms with Gasteiger partial charge < -0.3 is 5.73 Å². The standard InChI is InChI=1S/C15H19N3O2S2/c1-3-7-18-14(20)11-9-5-4-6-10(9)22-13(11)17-15(18)21-8(2)12(16)19/h8H,3-7H2,1-2H3,(H2,16,19). The summed E-state index contributed by atoms with van der Waals surface area (Å²) < 4.78 is 1.71. The van der Waals surface area contributed by atoms with E-state index in [-0.39, 0.29) is 5.56 Å². The molecule has 1 unspecified atom stereocenters. The van der Waals surface area contributed by atoms with E-state index in [4.69, 9.17) is 5.73 Å². The largest absolute Gasteiger partial charge is 0.369 e. The number of aryl methyl sites for hydroxylation is 2. The van der Waals surface area contributed by atoms with Crippen LogP contribution in [0.3, 0.4) is 0 Å². The Morgan fingerprint density at radius 3 is 2.95 bits per heavy atom. The molecule has 2 aromatic rings. The molecule has 2 aromatic heterocycles. The first-order valence-corrected chi connectivity index (χ1v) is 9.23. The molecule has 0 fully saturated rings. The zero-order chi connectivity index (χ0) is 15.9. The van der Waals surface area contributed by atoms with Crippen LogP contribution in [-0.2, 0) is 24.2 Å². The minimum absolute atomic E-state index is 0.0328. The number of fused-ring (bicyclic) bond motifs is 3. The smallest absolute Gasteiger partial charge is 0.263 e. The van der Waals surface area contributed by atoms with Crippen molar-refractivity contribution in [2.75, 3.05) is 0 Å². The van der Waals surface area contributed by atoms with Crippen LogP contribution in [0.25, 0.3) is 10.2 Å². The first-order chi connectivity index (χ1) is 10.5. The minimum Gasteiger partial charge on any atom is -0.369 e. The van der Waals surface area contributed by atoms with E-state index in [2.05, 4.69) is 4.98 Å². The molecule has 5 nitrogen and oxygen atoms in total. The van der Waals surface area contributed by atoms with Crippen molar-refractivity contribution in [1.29, 1.82) is 0 Å². The molecule has 22 heavy (non-hydrogen) atoms. The van der Waals surface area contributed by atoms with Gasteiger partial charge in [0.05, 0.1) is 10.6 Å². The lowest BCUT2D eigenvalue weighted by Gasteiger charge is -2.13. The molecular weight excluding hydrogens is 318 g/mol. The number of thioether (sulfide) groups is 1. The van der Waals surface area contributed by atoms with Crippen LogP contribution in [0.15, 0.2) is 9.95 Å². The lowest BCUT2D eigenvalue weighted by molar-refractivity contribution is -0.117. The zero-order valence-corrected chi connectivity index (χ0v) is 14.4. The van der Waals surface area contributed by atoms with Crippen LogP contribution in [0.4, 0.5) is 0 Å². The minimum atomic E-state index is -0.403. The summed E-state index contributed by atoms with van der Waals surface area (Å²) in [5.41, 5.74) is 6.57. The van der Waals surface area contributed by atoms with Crippen LogP contribution in [0.1, 0.15) is 37.1 Å². The lowest BCUT2D eigenvalue weighted by atomic mass is 10.2. The molecule has 1 aliphatic carbocycles. The van der Waals surface area contributed by atoms with Crippen LogP contribution >= 0.6 is 23.1 Å². The first-order valence-electron chi connectivity index (χ1n) is 7.54. The highest BCUT2D eigenvalue weighted by atomic mass is 32.2. The Hall–Kier alpha value is -1.34. The molecule has 0 bridgehead atoms. The lowest BCUT2D eigenvalue weighted by Crippen LogP contribution is -2.27. The van der Waals surface area contributed by atoms with Crippen molar-refractivity contribution in [3.8, 4) is 0 Å². The van der Waals surface area contributed by atoms with Gasteiger partial charge in [-0.15, -0.1) is 11.3 Å². The predicted molar refractivity (Wildman–Crippen MR) is 90.7 cm³/mol. The highest BCUT2D eigenvalue weighted by molar-refractivity contribution is 8.00. The van der Waals surface area contributed by atoms with Crippen LogP contribution in [0, 0.1) is 0 Å². The fourth-order valence-corrected chi connectivity index (χ4v) is 4.97. The molecule has 0 radical (unpaired) electrons. The summed E-state index contributed by atoms with van der Waals surface area (Å²) in [6, 6.07) is 0. The topological polar surface area (TPSA) is 78.0 Å². The molecule has 0 saturated carbocycles. The van der Waals surface area contributed by atoms with Crippen molar-refractivity contribution in [2.45, 2.75) is 56.5 Å². The quantitative estimate of drug-likeness (QED) is 0.671. The molecule has 2 heterocycles. The summed E-state index contributed by atoms with van der Waals surface area (Å²) in [6.45, 7) is 4.38. The van der Waals surface area contributed by atoms with E-state index in [0.717, 1.165) is 35.9 Å². The van der Waals surface area contributed by atoms with Crippen molar-refractivity contribution >= 4 is 39.2 Å². The normalized spacial score (nSPS) is 15.2. The van der Waals surface area contributed by atoms with Gasteiger partial charge in [-0.2, -0.15) is 0 Å². The van der Waals surface area contributed by atoms with Gasteiger partial charge in [-0.25, -0.2) is 4.98 Å². The molecule has 2 N–H and O–H groups in total. The molecule has 1 amide bonds. The van der Waals surface area contributed by atoms with Gasteiger partial charge >= 0.3 is 0 Å². The molecule has 0 aromatic carbocycles. The molecule has 1 atom stereocenters. The van der Waals surface area contributed by atoms with E-state index in [1.807, 2.05) is 6.92 Å². The number of carbonyl (C=O) groups is 1. The number of amides is 1. The number of thiophene rings is 1. The number of primary amides is 1. The highest BCUT2D eigenvalue weighted by Crippen LogP contribution is 2.36. The second-order valence-electron chi connectivity index (χ2n) is 5.55. The van der Waals surface area contributed by atoms with Crippen molar-refractivity contribution < 1.29 is 4.79 Å². The van der Waals surface area contributed by atoms with E-state index in [1.54, 1.807) is 22.8 Å². The zero-order valence-electron chi connectivity index (χ0n) is 12.7. The fourth-order valence-electron chi connectivity index (χ4n) is 2.79. The average molecular weight is 337 g/mol. The van der Waals surface area contributed by atoms with Crippen molar-refractivity contribution in [3.05, 3.63) is 20.8 Å². The number of hydrogen-bond donors (Lipinski definition) is 1. The molecule has 0 aliphatic heterocycles. The second-order valence-corrected chi connectivity index (χ2v) is 7.94. The van der Waals surface area contributed by atoms with E-state index < -0.39 is 11.2 Å². The molecule has 1 aliphatic rings. The number of hydrogen-bond acceptors (Lipinski definition) is 5. The summed E-state index contributed by atoms with van der Waals surface area (Å²) in [5, 5.41) is 0.992. The second kappa shape index (κ2) is 6.04. The van der Waals surface area contributed by atoms with Gasteiger partial charge in [0.2, 0.25) is 5.91 Å². The van der Waals surface area contributed by atoms with Gasteiger partial charge in [-0.05, 0) is 38.2 Å². The predicted octanol–water partition coefficient (Wildman–Crippen LogP) is 2.32. The van der Waals surface area contributed by atoms with Gasteiger partial charge in [0.1, 0.15) is 4.83 Å². The number of carbonyl (C=O) groups excluding carboxylic acids is 1. The fraction of sp³-hybridized carbons (Fsp3) is 0.533. The summed E-state index contributed by atoms with van der Waals surface area (Å²) in [7, 11) is 0. The monoisotopic (exact) mass is 337 g/mol. The Labute approximate surface area is 136 Å². The third-order valence-corrected chi connectivity index (χ3v) is 6.21. The van der Waals surface area contributed by atoms with Crippen molar-refractivity contribution in [1.82, 2.24) is 9.55 Å². The van der Waals surface area contributed by atoms with Gasteiger partial charge in [0.15, 0.2) is 5.16 Å². The SMILES string of the molecule is CCCn1c(SC(C)C(N)=O)nc2sc3c(c2c1=O)CCC3. The number of nitrogens with two attached hydrogens (primary N) is 1. The van der Waals surface area contributed by atoms with Crippen molar-refractivity contribution in [2.24, 2.45) is 5.73 Å². The summed E-state index contributed by atoms with van der Waals surface area (Å²) in [5.74, 6) is -0.393. The van der Waals surface area contributed by atoms with E-state index in [9.17, 15) is 9.59 Å². The van der Waals surface area contributed by atoms with Crippen LogP contribution in [0.2, 0.25) is 0 Å². The molecule has 3 rings (SSSR count). The summed E-state index contributed by atoms with van der Waals surface area (Å²) in [6.07, 6.45) is 3.99.